The highest BCUT2D eigenvalue weighted by Gasteiger charge is 2.28. The van der Waals surface area contributed by atoms with Crippen molar-refractivity contribution >= 4 is 33.4 Å². The summed E-state index contributed by atoms with van der Waals surface area (Å²) in [6.45, 7) is 4.03. The third kappa shape index (κ3) is 3.39. The van der Waals surface area contributed by atoms with Crippen LogP contribution >= 0.6 is 27.5 Å². The van der Waals surface area contributed by atoms with Gasteiger partial charge in [0.2, 0.25) is 0 Å². The Kier molecular flexibility index (Phi) is 5.47. The van der Waals surface area contributed by atoms with Crippen molar-refractivity contribution in [3.8, 4) is 5.75 Å². The highest BCUT2D eigenvalue weighted by atomic mass is 79.9. The van der Waals surface area contributed by atoms with Crippen LogP contribution in [-0.2, 0) is 0 Å². The number of benzene rings is 1. The van der Waals surface area contributed by atoms with Crippen LogP contribution in [-0.4, -0.2) is 21.9 Å². The Hall–Kier alpha value is -0.740. The van der Waals surface area contributed by atoms with E-state index in [2.05, 4.69) is 21.2 Å². The molecule has 0 saturated heterocycles. The first-order valence-corrected chi connectivity index (χ1v) is 7.35. The normalized spacial score (nSPS) is 11.3. The van der Waals surface area contributed by atoms with Gasteiger partial charge in [0.05, 0.1) is 5.56 Å². The van der Waals surface area contributed by atoms with Gasteiger partial charge in [0.1, 0.15) is 5.75 Å². The lowest BCUT2D eigenvalue weighted by molar-refractivity contribution is 0.0901. The Bertz CT molecular complexity index is 425. The van der Waals surface area contributed by atoms with E-state index in [1.54, 1.807) is 6.07 Å². The van der Waals surface area contributed by atoms with E-state index in [4.69, 9.17) is 11.6 Å². The Morgan fingerprint density at radius 2 is 2.06 bits per heavy atom. The lowest BCUT2D eigenvalue weighted by atomic mass is 9.95. The predicted octanol–water partition coefficient (Wildman–Crippen LogP) is 3.73. The standard InChI is InChI=1S/C13H17BrClNO2/c1-3-13(4-2,8-14)16-12(18)10-7-9(15)5-6-11(10)17/h5-7,17H,3-4,8H2,1-2H3,(H,16,18). The largest absolute Gasteiger partial charge is 0.507 e. The Morgan fingerprint density at radius 1 is 1.44 bits per heavy atom. The van der Waals surface area contributed by atoms with E-state index in [1.165, 1.54) is 12.1 Å². The van der Waals surface area contributed by atoms with Gasteiger partial charge in [-0.1, -0.05) is 41.4 Å². The lowest BCUT2D eigenvalue weighted by Crippen LogP contribution is -2.49. The fraction of sp³-hybridized carbons (Fsp3) is 0.462. The van der Waals surface area contributed by atoms with Crippen molar-refractivity contribution in [2.75, 3.05) is 5.33 Å². The number of aromatic hydroxyl groups is 1. The van der Waals surface area contributed by atoms with Crippen LogP contribution in [0.4, 0.5) is 0 Å². The summed E-state index contributed by atoms with van der Waals surface area (Å²) in [4.78, 5) is 12.2. The fourth-order valence-corrected chi connectivity index (χ4v) is 2.75. The molecule has 0 bridgehead atoms. The van der Waals surface area contributed by atoms with Crippen molar-refractivity contribution in [3.63, 3.8) is 0 Å². The number of hydrogen-bond donors (Lipinski definition) is 2. The zero-order chi connectivity index (χ0) is 13.8. The van der Waals surface area contributed by atoms with E-state index in [0.29, 0.717) is 10.4 Å². The number of phenols is 1. The van der Waals surface area contributed by atoms with Crippen molar-refractivity contribution in [1.29, 1.82) is 0 Å². The van der Waals surface area contributed by atoms with Gasteiger partial charge in [0.15, 0.2) is 0 Å². The predicted molar refractivity (Wildman–Crippen MR) is 77.7 cm³/mol. The molecule has 0 unspecified atom stereocenters. The van der Waals surface area contributed by atoms with Crippen LogP contribution in [0.2, 0.25) is 5.02 Å². The molecule has 100 valence electrons. The summed E-state index contributed by atoms with van der Waals surface area (Å²) in [5, 5.41) is 13.7. The molecule has 0 atom stereocenters. The molecule has 18 heavy (non-hydrogen) atoms. The molecule has 1 aromatic carbocycles. The molecule has 0 saturated carbocycles. The summed E-state index contributed by atoms with van der Waals surface area (Å²) in [6.07, 6.45) is 1.61. The van der Waals surface area contributed by atoms with Gasteiger partial charge in [-0.3, -0.25) is 4.79 Å². The van der Waals surface area contributed by atoms with Crippen LogP contribution < -0.4 is 5.32 Å². The van der Waals surface area contributed by atoms with Gasteiger partial charge >= 0.3 is 0 Å². The second-order valence-electron chi connectivity index (χ2n) is 4.24. The Morgan fingerprint density at radius 3 is 2.56 bits per heavy atom. The maximum atomic E-state index is 12.2. The monoisotopic (exact) mass is 333 g/mol. The van der Waals surface area contributed by atoms with E-state index in [9.17, 15) is 9.90 Å². The molecule has 0 aliphatic carbocycles. The minimum absolute atomic E-state index is 0.0624. The molecule has 0 aliphatic heterocycles. The molecular formula is C13H17BrClNO2. The van der Waals surface area contributed by atoms with Gasteiger partial charge < -0.3 is 10.4 Å². The summed E-state index contributed by atoms with van der Waals surface area (Å²) in [5.74, 6) is -0.370. The third-order valence-corrected chi connectivity index (χ3v) is 4.50. The number of rotatable bonds is 5. The molecule has 1 rings (SSSR count). The van der Waals surface area contributed by atoms with Crippen molar-refractivity contribution in [3.05, 3.63) is 28.8 Å². The first kappa shape index (κ1) is 15.3. The average Bonchev–Trinajstić information content (AvgIpc) is 2.38. The minimum Gasteiger partial charge on any atom is -0.507 e. The second kappa shape index (κ2) is 6.43. The number of carbonyl (C=O) groups is 1. The van der Waals surface area contributed by atoms with Gasteiger partial charge in [-0.25, -0.2) is 0 Å². The van der Waals surface area contributed by atoms with Crippen LogP contribution in [0.1, 0.15) is 37.0 Å². The first-order chi connectivity index (χ1) is 8.48. The van der Waals surface area contributed by atoms with Crippen LogP contribution in [0.5, 0.6) is 5.75 Å². The molecule has 0 fully saturated rings. The van der Waals surface area contributed by atoms with Crippen molar-refractivity contribution in [2.45, 2.75) is 32.2 Å². The van der Waals surface area contributed by atoms with Crippen LogP contribution in [0, 0.1) is 0 Å². The molecule has 1 aromatic rings. The molecule has 5 heteroatoms. The maximum absolute atomic E-state index is 12.2. The summed E-state index contributed by atoms with van der Waals surface area (Å²) in [7, 11) is 0. The third-order valence-electron chi connectivity index (χ3n) is 3.19. The summed E-state index contributed by atoms with van der Waals surface area (Å²) in [5.41, 5.74) is -0.0963. The number of phenolic OH excluding ortho intramolecular Hbond substituents is 1. The van der Waals surface area contributed by atoms with E-state index < -0.39 is 0 Å². The van der Waals surface area contributed by atoms with Crippen LogP contribution in [0.25, 0.3) is 0 Å². The minimum atomic E-state index is -0.307. The molecule has 1 amide bonds. The number of carbonyl (C=O) groups excluding carboxylic acids is 1. The zero-order valence-corrected chi connectivity index (χ0v) is 12.8. The smallest absolute Gasteiger partial charge is 0.255 e. The first-order valence-electron chi connectivity index (χ1n) is 5.85. The van der Waals surface area contributed by atoms with E-state index >= 15 is 0 Å². The van der Waals surface area contributed by atoms with Gasteiger partial charge in [-0.2, -0.15) is 0 Å². The van der Waals surface area contributed by atoms with Crippen LogP contribution in [0.3, 0.4) is 0 Å². The van der Waals surface area contributed by atoms with Crippen molar-refractivity contribution < 1.29 is 9.90 Å². The number of halogens is 2. The molecule has 0 radical (unpaired) electrons. The Balaban J connectivity index is 2.97. The van der Waals surface area contributed by atoms with E-state index in [1.807, 2.05) is 13.8 Å². The molecule has 0 aliphatic rings. The van der Waals surface area contributed by atoms with Crippen molar-refractivity contribution in [2.24, 2.45) is 0 Å². The van der Waals surface area contributed by atoms with E-state index in [-0.39, 0.29) is 22.8 Å². The maximum Gasteiger partial charge on any atom is 0.255 e. The van der Waals surface area contributed by atoms with Gasteiger partial charge in [-0.05, 0) is 31.0 Å². The summed E-state index contributed by atoms with van der Waals surface area (Å²) >= 11 is 9.26. The number of nitrogens with one attached hydrogen (secondary N) is 1. The molecule has 2 N–H and O–H groups in total. The van der Waals surface area contributed by atoms with Gasteiger partial charge in [0.25, 0.3) is 5.91 Å². The topological polar surface area (TPSA) is 49.3 Å². The molecular weight excluding hydrogens is 318 g/mol. The number of alkyl halides is 1. The van der Waals surface area contributed by atoms with Crippen molar-refractivity contribution in [1.82, 2.24) is 5.32 Å². The highest BCUT2D eigenvalue weighted by molar-refractivity contribution is 9.09. The molecule has 3 nitrogen and oxygen atoms in total. The fourth-order valence-electron chi connectivity index (χ4n) is 1.65. The molecule has 0 heterocycles. The lowest BCUT2D eigenvalue weighted by Gasteiger charge is -2.31. The summed E-state index contributed by atoms with van der Waals surface area (Å²) < 4.78 is 0. The van der Waals surface area contributed by atoms with Crippen LogP contribution in [0.15, 0.2) is 18.2 Å². The zero-order valence-electron chi connectivity index (χ0n) is 10.5. The number of amides is 1. The van der Waals surface area contributed by atoms with Gasteiger partial charge in [-0.15, -0.1) is 0 Å². The molecule has 0 aromatic heterocycles. The second-order valence-corrected chi connectivity index (χ2v) is 5.23. The van der Waals surface area contributed by atoms with E-state index in [0.717, 1.165) is 12.8 Å². The molecule has 0 spiro atoms. The quantitative estimate of drug-likeness (QED) is 0.806. The van der Waals surface area contributed by atoms with Gasteiger partial charge in [0, 0.05) is 15.9 Å². The average molecular weight is 335 g/mol. The number of hydrogen-bond acceptors (Lipinski definition) is 2. The SMILES string of the molecule is CCC(CC)(CBr)NC(=O)c1cc(Cl)ccc1O. The summed E-state index contributed by atoms with van der Waals surface area (Å²) in [6, 6.07) is 4.44. The highest BCUT2D eigenvalue weighted by Crippen LogP contribution is 2.24. The Labute approximate surface area is 121 Å².